The summed E-state index contributed by atoms with van der Waals surface area (Å²) in [5.74, 6) is 1.25. The molecule has 0 unspecified atom stereocenters. The largest absolute Gasteiger partial charge is 0.493 e. The van der Waals surface area contributed by atoms with Crippen molar-refractivity contribution in [1.29, 1.82) is 0 Å². The lowest BCUT2D eigenvalue weighted by molar-refractivity contribution is -0.122. The molecule has 6 heteroatoms. The third-order valence-electron chi connectivity index (χ3n) is 4.12. The van der Waals surface area contributed by atoms with Crippen molar-refractivity contribution >= 4 is 40.3 Å². The van der Waals surface area contributed by atoms with Gasteiger partial charge >= 0.3 is 0 Å². The lowest BCUT2D eigenvalue weighted by atomic mass is 10.1. The van der Waals surface area contributed by atoms with Gasteiger partial charge in [0.05, 0.1) is 25.2 Å². The predicted molar refractivity (Wildman–Crippen MR) is 114 cm³/mol. The molecule has 0 radical (unpaired) electrons. The van der Waals surface area contributed by atoms with E-state index in [0.29, 0.717) is 33.9 Å². The molecule has 1 aliphatic heterocycles. The first-order chi connectivity index (χ1) is 13.0. The van der Waals surface area contributed by atoms with E-state index in [0.717, 1.165) is 11.1 Å². The van der Waals surface area contributed by atoms with E-state index in [-0.39, 0.29) is 5.91 Å². The highest BCUT2D eigenvalue weighted by atomic mass is 32.2. The van der Waals surface area contributed by atoms with E-state index < -0.39 is 0 Å². The molecule has 140 valence electrons. The summed E-state index contributed by atoms with van der Waals surface area (Å²) in [5, 5.41) is 0. The van der Waals surface area contributed by atoms with Crippen molar-refractivity contribution in [3.8, 4) is 11.5 Å². The second-order valence-corrected chi connectivity index (χ2v) is 7.77. The number of thiocarbonyl (C=S) groups is 1. The average molecular weight is 400 g/mol. The van der Waals surface area contributed by atoms with Crippen LogP contribution in [-0.2, 0) is 11.3 Å². The lowest BCUT2D eigenvalue weighted by Crippen LogP contribution is -2.27. The Hall–Kier alpha value is -2.31. The van der Waals surface area contributed by atoms with Crippen molar-refractivity contribution in [1.82, 2.24) is 4.90 Å². The Morgan fingerprint density at radius 1 is 1.15 bits per heavy atom. The number of rotatable bonds is 6. The van der Waals surface area contributed by atoms with Crippen molar-refractivity contribution in [3.63, 3.8) is 0 Å². The zero-order valence-electron chi connectivity index (χ0n) is 15.5. The number of nitrogens with zero attached hydrogens (tertiary/aromatic N) is 1. The monoisotopic (exact) mass is 399 g/mol. The van der Waals surface area contributed by atoms with Gasteiger partial charge in [-0.05, 0) is 43.2 Å². The van der Waals surface area contributed by atoms with E-state index in [2.05, 4.69) is 0 Å². The highest BCUT2D eigenvalue weighted by Crippen LogP contribution is 2.35. The number of carbonyl (C=O) groups excluding carboxylic acids is 1. The maximum absolute atomic E-state index is 12.8. The number of methoxy groups -OCH3 is 1. The molecule has 1 fully saturated rings. The van der Waals surface area contributed by atoms with E-state index in [1.807, 2.05) is 62.4 Å². The third-order valence-corrected chi connectivity index (χ3v) is 5.50. The molecule has 1 heterocycles. The second-order valence-electron chi connectivity index (χ2n) is 6.10. The van der Waals surface area contributed by atoms with Crippen LogP contribution in [-0.4, -0.2) is 28.8 Å². The van der Waals surface area contributed by atoms with Crippen LogP contribution in [0.15, 0.2) is 47.4 Å². The van der Waals surface area contributed by atoms with Crippen LogP contribution in [0.4, 0.5) is 0 Å². The summed E-state index contributed by atoms with van der Waals surface area (Å²) < 4.78 is 11.5. The second kappa shape index (κ2) is 8.59. The minimum Gasteiger partial charge on any atom is -0.493 e. The molecule has 2 aromatic carbocycles. The fraction of sp³-hybridized carbons (Fsp3) is 0.238. The molecule has 0 aromatic heterocycles. The highest BCUT2D eigenvalue weighted by Gasteiger charge is 2.32. The van der Waals surface area contributed by atoms with Gasteiger partial charge in [-0.25, -0.2) is 0 Å². The van der Waals surface area contributed by atoms with Gasteiger partial charge in [0.2, 0.25) is 0 Å². The topological polar surface area (TPSA) is 38.8 Å². The van der Waals surface area contributed by atoms with Crippen LogP contribution in [0.3, 0.4) is 0 Å². The number of ether oxygens (including phenoxy) is 2. The molecule has 0 spiro atoms. The normalized spacial score (nSPS) is 15.5. The van der Waals surface area contributed by atoms with Crippen LogP contribution in [0, 0.1) is 6.92 Å². The van der Waals surface area contributed by atoms with Crippen LogP contribution in [0.2, 0.25) is 0 Å². The first kappa shape index (κ1) is 19.5. The maximum Gasteiger partial charge on any atom is 0.266 e. The number of aryl methyl sites for hydroxylation is 1. The summed E-state index contributed by atoms with van der Waals surface area (Å²) in [5.41, 5.74) is 3.11. The van der Waals surface area contributed by atoms with Gasteiger partial charge in [-0.1, -0.05) is 59.9 Å². The Labute approximate surface area is 169 Å². The summed E-state index contributed by atoms with van der Waals surface area (Å²) in [6.07, 6.45) is 1.84. The summed E-state index contributed by atoms with van der Waals surface area (Å²) in [6.45, 7) is 5.01. The molecule has 0 aliphatic carbocycles. The van der Waals surface area contributed by atoms with E-state index in [9.17, 15) is 4.79 Å². The van der Waals surface area contributed by atoms with Gasteiger partial charge in [-0.3, -0.25) is 9.69 Å². The molecule has 3 rings (SSSR count). The van der Waals surface area contributed by atoms with Crippen LogP contribution in [0.1, 0.15) is 23.6 Å². The Morgan fingerprint density at radius 3 is 2.56 bits per heavy atom. The highest BCUT2D eigenvalue weighted by molar-refractivity contribution is 8.26. The van der Waals surface area contributed by atoms with Crippen LogP contribution in [0.5, 0.6) is 11.5 Å². The lowest BCUT2D eigenvalue weighted by Gasteiger charge is -2.14. The molecular formula is C21H21NO3S2. The Bertz CT molecular complexity index is 891. The average Bonchev–Trinajstić information content (AvgIpc) is 2.92. The number of thioether (sulfide) groups is 1. The first-order valence-corrected chi connectivity index (χ1v) is 9.86. The molecule has 0 saturated carbocycles. The smallest absolute Gasteiger partial charge is 0.266 e. The molecule has 4 nitrogen and oxygen atoms in total. The van der Waals surface area contributed by atoms with Gasteiger partial charge in [0.15, 0.2) is 11.5 Å². The van der Waals surface area contributed by atoms with E-state index in [1.165, 1.54) is 17.3 Å². The van der Waals surface area contributed by atoms with E-state index in [4.69, 9.17) is 21.7 Å². The summed E-state index contributed by atoms with van der Waals surface area (Å²) in [7, 11) is 1.60. The molecule has 2 aromatic rings. The standard InChI is InChI=1S/C21H21NO3S2/c1-4-25-17-10-9-16(11-18(17)24-3)12-19-20(23)22(21(26)27-19)13-15-7-5-14(2)6-8-15/h5-12H,4,13H2,1-3H3/b19-12-. The zero-order chi connectivity index (χ0) is 19.4. The van der Waals surface area contributed by atoms with Gasteiger partial charge < -0.3 is 9.47 Å². The van der Waals surface area contributed by atoms with Crippen molar-refractivity contribution in [2.45, 2.75) is 20.4 Å². The van der Waals surface area contributed by atoms with E-state index in [1.54, 1.807) is 12.0 Å². The molecule has 1 aliphatic rings. The molecule has 1 saturated heterocycles. The Balaban J connectivity index is 1.80. The number of amides is 1. The third kappa shape index (κ3) is 4.51. The predicted octanol–water partition coefficient (Wildman–Crippen LogP) is 4.80. The first-order valence-electron chi connectivity index (χ1n) is 8.63. The van der Waals surface area contributed by atoms with Crippen molar-refractivity contribution in [3.05, 3.63) is 64.1 Å². The van der Waals surface area contributed by atoms with Crippen molar-refractivity contribution in [2.24, 2.45) is 0 Å². The minimum absolute atomic E-state index is 0.0709. The summed E-state index contributed by atoms with van der Waals surface area (Å²) in [4.78, 5) is 15.1. The molecular weight excluding hydrogens is 378 g/mol. The van der Waals surface area contributed by atoms with E-state index >= 15 is 0 Å². The summed E-state index contributed by atoms with van der Waals surface area (Å²) >= 11 is 6.75. The fourth-order valence-electron chi connectivity index (χ4n) is 2.71. The van der Waals surface area contributed by atoms with Gasteiger partial charge in [-0.15, -0.1) is 0 Å². The van der Waals surface area contributed by atoms with Crippen LogP contribution < -0.4 is 9.47 Å². The number of hydrogen-bond acceptors (Lipinski definition) is 5. The molecule has 27 heavy (non-hydrogen) atoms. The maximum atomic E-state index is 12.8. The fourth-order valence-corrected chi connectivity index (χ4v) is 3.97. The zero-order valence-corrected chi connectivity index (χ0v) is 17.2. The van der Waals surface area contributed by atoms with Crippen LogP contribution >= 0.6 is 24.0 Å². The van der Waals surface area contributed by atoms with Crippen molar-refractivity contribution in [2.75, 3.05) is 13.7 Å². The Kier molecular flexibility index (Phi) is 6.19. The van der Waals surface area contributed by atoms with Gasteiger partial charge in [-0.2, -0.15) is 0 Å². The number of benzene rings is 2. The Morgan fingerprint density at radius 2 is 1.89 bits per heavy atom. The summed E-state index contributed by atoms with van der Waals surface area (Å²) in [6, 6.07) is 13.7. The number of hydrogen-bond donors (Lipinski definition) is 0. The number of carbonyl (C=O) groups is 1. The molecule has 1 amide bonds. The van der Waals surface area contributed by atoms with Gasteiger partial charge in [0.1, 0.15) is 4.32 Å². The molecule has 0 bridgehead atoms. The van der Waals surface area contributed by atoms with Crippen molar-refractivity contribution < 1.29 is 14.3 Å². The molecule has 0 N–H and O–H groups in total. The van der Waals surface area contributed by atoms with Crippen LogP contribution in [0.25, 0.3) is 6.08 Å². The SMILES string of the molecule is CCOc1ccc(/C=C2\SC(=S)N(Cc3ccc(C)cc3)C2=O)cc1OC. The van der Waals surface area contributed by atoms with Gasteiger partial charge in [0, 0.05) is 0 Å². The quantitative estimate of drug-likeness (QED) is 0.515. The van der Waals surface area contributed by atoms with Gasteiger partial charge in [0.25, 0.3) is 5.91 Å². The molecule has 0 atom stereocenters. The minimum atomic E-state index is -0.0709.